The van der Waals surface area contributed by atoms with Crippen LogP contribution in [-0.4, -0.2) is 73.7 Å². The van der Waals surface area contributed by atoms with Crippen LogP contribution in [0.5, 0.6) is 0 Å². The van der Waals surface area contributed by atoms with Gasteiger partial charge in [0.2, 0.25) is 5.91 Å². The molecule has 9 heteroatoms. The van der Waals surface area contributed by atoms with Crippen molar-refractivity contribution in [3.8, 4) is 0 Å². The molecule has 0 bridgehead atoms. The van der Waals surface area contributed by atoms with E-state index in [1.807, 2.05) is 21.1 Å². The molecule has 270 valence electrons. The Bertz CT molecular complexity index is 707. The Morgan fingerprint density at radius 1 is 0.689 bits per heavy atom. The molecule has 45 heavy (non-hydrogen) atoms. The first-order valence-corrected chi connectivity index (χ1v) is 21.5. The van der Waals surface area contributed by atoms with Gasteiger partial charge in [-0.05, 0) is 18.6 Å². The lowest BCUT2D eigenvalue weighted by Gasteiger charge is -2.24. The molecule has 0 radical (unpaired) electrons. The molecule has 0 aromatic carbocycles. The fraction of sp³-hybridized carbons (Fsp3) is 0.972. The average Bonchev–Trinajstić information content (AvgIpc) is 2.98. The average molecular weight is 680 g/mol. The first-order valence-electron chi connectivity index (χ1n) is 18.9. The number of quaternary nitrogens is 1. The predicted molar refractivity (Wildman–Crippen MR) is 196 cm³/mol. The molecule has 2 atom stereocenters. The topological polar surface area (TPSA) is 84.9 Å². The molecule has 0 aliphatic carbocycles. The third-order valence-electron chi connectivity index (χ3n) is 8.29. The molecule has 7 nitrogen and oxygen atoms in total. The Hall–Kier alpha value is -0.110. The number of hydrogen-bond donors (Lipinski definition) is 2. The van der Waals surface area contributed by atoms with E-state index in [0.717, 1.165) is 25.0 Å². The van der Waals surface area contributed by atoms with Gasteiger partial charge in [-0.15, -0.1) is 0 Å². The summed E-state index contributed by atoms with van der Waals surface area (Å²) < 4.78 is 23.6. The van der Waals surface area contributed by atoms with Gasteiger partial charge in [0, 0.05) is 12.2 Å². The Morgan fingerprint density at radius 3 is 1.56 bits per heavy atom. The minimum absolute atomic E-state index is 0.00219. The summed E-state index contributed by atoms with van der Waals surface area (Å²) in [4.78, 5) is 22.9. The van der Waals surface area contributed by atoms with Gasteiger partial charge >= 0.3 is 7.82 Å². The number of nitrogens with one attached hydrogen (secondary N) is 1. The van der Waals surface area contributed by atoms with E-state index in [-0.39, 0.29) is 25.2 Å². The highest BCUT2D eigenvalue weighted by Crippen LogP contribution is 2.43. The molecule has 0 aliphatic heterocycles. The van der Waals surface area contributed by atoms with Gasteiger partial charge in [0.1, 0.15) is 13.2 Å². The van der Waals surface area contributed by atoms with E-state index in [9.17, 15) is 14.3 Å². The molecule has 0 rings (SSSR count). The quantitative estimate of drug-likeness (QED) is 0.0394. The zero-order valence-corrected chi connectivity index (χ0v) is 32.2. The van der Waals surface area contributed by atoms with Crippen molar-refractivity contribution in [2.24, 2.45) is 0 Å². The van der Waals surface area contributed by atoms with Crippen molar-refractivity contribution in [2.75, 3.05) is 52.4 Å². The van der Waals surface area contributed by atoms with E-state index >= 15 is 0 Å². The van der Waals surface area contributed by atoms with Crippen LogP contribution in [0.15, 0.2) is 0 Å². The lowest BCUT2D eigenvalue weighted by Crippen LogP contribution is -2.40. The number of phosphoric ester groups is 1. The largest absolute Gasteiger partial charge is 0.472 e. The Balaban J connectivity index is 4.24. The fourth-order valence-electron chi connectivity index (χ4n) is 5.30. The fourth-order valence-corrected chi connectivity index (χ4v) is 7.10. The van der Waals surface area contributed by atoms with E-state index in [2.05, 4.69) is 19.2 Å². The molecule has 0 saturated heterocycles. The number of phosphoric acid groups is 1. The second-order valence-electron chi connectivity index (χ2n) is 14.1. The molecule has 1 amide bonds. The summed E-state index contributed by atoms with van der Waals surface area (Å²) in [6.45, 7) is 5.24. The number of unbranched alkanes of at least 4 members (excludes halogenated alkanes) is 21. The van der Waals surface area contributed by atoms with Gasteiger partial charge in [0.05, 0.1) is 33.8 Å². The van der Waals surface area contributed by atoms with Crippen LogP contribution in [0.25, 0.3) is 0 Å². The molecule has 0 saturated carbocycles. The third-order valence-corrected chi connectivity index (χ3v) is 10.5. The number of thioether (sulfide) groups is 1. The van der Waals surface area contributed by atoms with E-state index < -0.39 is 7.82 Å². The van der Waals surface area contributed by atoms with Crippen molar-refractivity contribution in [1.82, 2.24) is 5.32 Å². The van der Waals surface area contributed by atoms with Crippen molar-refractivity contribution < 1.29 is 27.8 Å². The number of carbonyl (C=O) groups is 1. The standard InChI is InChI=1S/C36H75N2O5PS/c1-6-8-10-12-14-16-17-18-19-20-22-24-26-28-32-45-34-35(33-43-44(40,41)42-31-30-38(3,4)5)37-36(39)29-27-25-23-21-15-13-11-9-7-2/h35H,6-34H2,1-5H3,(H-,37,39,40,41)/p+1/t35-/m0/s1. The Labute approximate surface area is 284 Å². The lowest BCUT2D eigenvalue weighted by molar-refractivity contribution is -0.870. The molecule has 0 spiro atoms. The van der Waals surface area contributed by atoms with Gasteiger partial charge in [-0.1, -0.05) is 149 Å². The zero-order chi connectivity index (χ0) is 33.5. The third kappa shape index (κ3) is 35.0. The molecule has 1 unspecified atom stereocenters. The smallest absolute Gasteiger partial charge is 0.350 e. The number of hydrogen-bond acceptors (Lipinski definition) is 5. The zero-order valence-electron chi connectivity index (χ0n) is 30.5. The maximum atomic E-state index is 12.7. The van der Waals surface area contributed by atoms with Gasteiger partial charge in [0.15, 0.2) is 0 Å². The van der Waals surface area contributed by atoms with Gasteiger partial charge < -0.3 is 14.7 Å². The normalized spacial score (nSPS) is 14.0. The van der Waals surface area contributed by atoms with Crippen LogP contribution in [0.3, 0.4) is 0 Å². The number of rotatable bonds is 35. The van der Waals surface area contributed by atoms with Gasteiger partial charge in [-0.25, -0.2) is 4.57 Å². The van der Waals surface area contributed by atoms with Crippen LogP contribution >= 0.6 is 19.6 Å². The summed E-state index contributed by atoms with van der Waals surface area (Å²) in [5.74, 6) is 1.70. The Kier molecular flexibility index (Phi) is 31.1. The molecule has 0 aromatic rings. The van der Waals surface area contributed by atoms with Crippen molar-refractivity contribution >= 4 is 25.5 Å². The highest BCUT2D eigenvalue weighted by atomic mass is 32.2. The SMILES string of the molecule is CCCCCCCCCCCCCCCCSC[C@H](COP(=O)(O)OCC[N+](C)(C)C)NC(=O)CCCCCCCCCCC. The van der Waals surface area contributed by atoms with Crippen molar-refractivity contribution in [2.45, 2.75) is 174 Å². The van der Waals surface area contributed by atoms with Crippen LogP contribution in [-0.2, 0) is 18.4 Å². The van der Waals surface area contributed by atoms with Gasteiger partial charge in [-0.2, -0.15) is 11.8 Å². The second kappa shape index (κ2) is 31.2. The maximum Gasteiger partial charge on any atom is 0.472 e. The van der Waals surface area contributed by atoms with Crippen LogP contribution < -0.4 is 5.32 Å². The summed E-state index contributed by atoms with van der Waals surface area (Å²) >= 11 is 1.79. The van der Waals surface area contributed by atoms with Crippen molar-refractivity contribution in [3.63, 3.8) is 0 Å². The summed E-state index contributed by atoms with van der Waals surface area (Å²) in [6.07, 6.45) is 30.3. The monoisotopic (exact) mass is 680 g/mol. The van der Waals surface area contributed by atoms with Crippen LogP contribution in [0.2, 0.25) is 0 Å². The molecule has 0 aliphatic rings. The minimum atomic E-state index is -4.17. The van der Waals surface area contributed by atoms with E-state index in [1.54, 1.807) is 11.8 Å². The summed E-state index contributed by atoms with van der Waals surface area (Å²) in [7, 11) is 1.84. The predicted octanol–water partition coefficient (Wildman–Crippen LogP) is 10.4. The molecular formula is C36H76N2O5PS+. The molecule has 0 fully saturated rings. The first-order chi connectivity index (χ1) is 21.6. The number of likely N-dealkylation sites (N-methyl/N-ethyl adjacent to an activating group) is 1. The number of nitrogens with zero attached hydrogens (tertiary/aromatic N) is 1. The van der Waals surface area contributed by atoms with Crippen LogP contribution in [0.4, 0.5) is 0 Å². The van der Waals surface area contributed by atoms with E-state index in [1.165, 1.54) is 128 Å². The minimum Gasteiger partial charge on any atom is -0.350 e. The molecular weight excluding hydrogens is 603 g/mol. The van der Waals surface area contributed by atoms with E-state index in [4.69, 9.17) is 9.05 Å². The van der Waals surface area contributed by atoms with E-state index in [0.29, 0.717) is 23.2 Å². The van der Waals surface area contributed by atoms with Gasteiger partial charge in [-0.3, -0.25) is 13.8 Å². The van der Waals surface area contributed by atoms with Gasteiger partial charge in [0.25, 0.3) is 0 Å². The maximum absolute atomic E-state index is 12.7. The number of carbonyl (C=O) groups excluding carboxylic acids is 1. The highest BCUT2D eigenvalue weighted by molar-refractivity contribution is 7.99. The van der Waals surface area contributed by atoms with Crippen molar-refractivity contribution in [3.05, 3.63) is 0 Å². The molecule has 0 heterocycles. The second-order valence-corrected chi connectivity index (χ2v) is 16.7. The molecule has 2 N–H and O–H groups in total. The summed E-state index contributed by atoms with van der Waals surface area (Å²) in [6, 6.07) is -0.310. The first kappa shape index (κ1) is 44.9. The number of amides is 1. The van der Waals surface area contributed by atoms with Crippen LogP contribution in [0, 0.1) is 0 Å². The summed E-state index contributed by atoms with van der Waals surface area (Å²) in [5, 5.41) is 3.07. The van der Waals surface area contributed by atoms with Crippen molar-refractivity contribution in [1.29, 1.82) is 0 Å². The van der Waals surface area contributed by atoms with Crippen LogP contribution in [0.1, 0.15) is 168 Å². The highest BCUT2D eigenvalue weighted by Gasteiger charge is 2.25. The summed E-state index contributed by atoms with van der Waals surface area (Å²) in [5.41, 5.74) is 0. The molecule has 0 aromatic heterocycles. The Morgan fingerprint density at radius 2 is 1.11 bits per heavy atom. The lowest BCUT2D eigenvalue weighted by atomic mass is 10.0.